The van der Waals surface area contributed by atoms with E-state index in [1.54, 1.807) is 0 Å². The molecular formula is C15H19BrO2. The average Bonchev–Trinajstić information content (AvgIpc) is 3.18. The first-order chi connectivity index (χ1) is 8.75. The van der Waals surface area contributed by atoms with Crippen LogP contribution in [0.25, 0.3) is 0 Å². The van der Waals surface area contributed by atoms with Crippen LogP contribution < -0.4 is 0 Å². The van der Waals surface area contributed by atoms with E-state index in [9.17, 15) is 4.79 Å². The molecule has 1 aromatic rings. The molecule has 1 saturated carbocycles. The van der Waals surface area contributed by atoms with E-state index in [-0.39, 0.29) is 5.78 Å². The maximum atomic E-state index is 11.8. The van der Waals surface area contributed by atoms with E-state index in [0.29, 0.717) is 13.0 Å². The van der Waals surface area contributed by atoms with E-state index in [1.807, 2.05) is 24.3 Å². The molecule has 98 valence electrons. The number of ketones is 1. The van der Waals surface area contributed by atoms with Gasteiger partial charge >= 0.3 is 0 Å². The van der Waals surface area contributed by atoms with Crippen LogP contribution in [0.1, 0.15) is 42.5 Å². The van der Waals surface area contributed by atoms with Crippen molar-refractivity contribution in [2.24, 2.45) is 5.92 Å². The number of Topliss-reactive ketones (excluding diaryl/α,β-unsaturated/α-hetero) is 1. The quantitative estimate of drug-likeness (QED) is 0.530. The Labute approximate surface area is 117 Å². The summed E-state index contributed by atoms with van der Waals surface area (Å²) in [5.41, 5.74) is 0.788. The van der Waals surface area contributed by atoms with E-state index in [2.05, 4.69) is 15.9 Å². The number of carbonyl (C=O) groups is 1. The minimum absolute atomic E-state index is 0.202. The van der Waals surface area contributed by atoms with Gasteiger partial charge in [0.15, 0.2) is 5.78 Å². The van der Waals surface area contributed by atoms with Crippen molar-refractivity contribution in [3.63, 3.8) is 0 Å². The van der Waals surface area contributed by atoms with Crippen molar-refractivity contribution in [2.45, 2.75) is 32.1 Å². The molecule has 0 aliphatic heterocycles. The molecule has 0 saturated heterocycles. The fourth-order valence-electron chi connectivity index (χ4n) is 1.87. The fraction of sp³-hybridized carbons (Fsp3) is 0.533. The predicted octanol–water partition coefficient (Wildman–Crippen LogP) is 4.23. The van der Waals surface area contributed by atoms with Crippen LogP contribution in [0.5, 0.6) is 0 Å². The Morgan fingerprint density at radius 3 is 2.61 bits per heavy atom. The Bertz CT molecular complexity index is 382. The molecule has 3 heteroatoms. The Hall–Kier alpha value is -0.670. The van der Waals surface area contributed by atoms with Crippen molar-refractivity contribution < 1.29 is 9.53 Å². The van der Waals surface area contributed by atoms with Crippen molar-refractivity contribution in [3.8, 4) is 0 Å². The standard InChI is InChI=1S/C15H19BrO2/c16-14-7-5-13(6-8-14)15(17)2-1-10-18-11-9-12-3-4-12/h5-8,12H,1-4,9-11H2. The largest absolute Gasteiger partial charge is 0.381 e. The zero-order valence-electron chi connectivity index (χ0n) is 10.5. The topological polar surface area (TPSA) is 26.3 Å². The van der Waals surface area contributed by atoms with Gasteiger partial charge in [-0.2, -0.15) is 0 Å². The summed E-state index contributed by atoms with van der Waals surface area (Å²) in [6.07, 6.45) is 5.35. The molecule has 0 amide bonds. The lowest BCUT2D eigenvalue weighted by molar-refractivity contribution is 0.0931. The molecule has 1 aliphatic rings. The number of rotatable bonds is 8. The molecule has 1 fully saturated rings. The van der Waals surface area contributed by atoms with Gasteiger partial charge in [0.2, 0.25) is 0 Å². The summed E-state index contributed by atoms with van der Waals surface area (Å²) in [6, 6.07) is 7.53. The average molecular weight is 311 g/mol. The number of hydrogen-bond donors (Lipinski definition) is 0. The van der Waals surface area contributed by atoms with E-state index >= 15 is 0 Å². The van der Waals surface area contributed by atoms with Crippen molar-refractivity contribution in [1.82, 2.24) is 0 Å². The van der Waals surface area contributed by atoms with Crippen LogP contribution >= 0.6 is 15.9 Å². The molecule has 0 radical (unpaired) electrons. The third-order valence-electron chi connectivity index (χ3n) is 3.23. The zero-order chi connectivity index (χ0) is 12.8. The number of ether oxygens (including phenoxy) is 1. The first-order valence-electron chi connectivity index (χ1n) is 6.62. The van der Waals surface area contributed by atoms with Gasteiger partial charge in [0, 0.05) is 29.7 Å². The van der Waals surface area contributed by atoms with Gasteiger partial charge in [-0.3, -0.25) is 4.79 Å². The number of hydrogen-bond acceptors (Lipinski definition) is 2. The second kappa shape index (κ2) is 7.05. The Balaban J connectivity index is 1.57. The van der Waals surface area contributed by atoms with Crippen LogP contribution in [0.15, 0.2) is 28.7 Å². The highest BCUT2D eigenvalue weighted by Gasteiger charge is 2.20. The molecule has 0 unspecified atom stereocenters. The third-order valence-corrected chi connectivity index (χ3v) is 3.75. The second-order valence-corrected chi connectivity index (χ2v) is 5.79. The van der Waals surface area contributed by atoms with Gasteiger partial charge in [-0.15, -0.1) is 0 Å². The summed E-state index contributed by atoms with van der Waals surface area (Å²) in [7, 11) is 0. The molecule has 0 atom stereocenters. The lowest BCUT2D eigenvalue weighted by Gasteiger charge is -2.03. The minimum Gasteiger partial charge on any atom is -0.381 e. The van der Waals surface area contributed by atoms with Crippen LogP contribution in [0, 0.1) is 5.92 Å². The van der Waals surface area contributed by atoms with Crippen LogP contribution in [-0.4, -0.2) is 19.0 Å². The molecular weight excluding hydrogens is 292 g/mol. The van der Waals surface area contributed by atoms with Gasteiger partial charge in [-0.1, -0.05) is 40.9 Å². The molecule has 2 rings (SSSR count). The molecule has 0 bridgehead atoms. The van der Waals surface area contributed by atoms with Crippen LogP contribution in [-0.2, 0) is 4.74 Å². The van der Waals surface area contributed by atoms with Crippen LogP contribution in [0.3, 0.4) is 0 Å². The number of halogens is 1. The summed E-state index contributed by atoms with van der Waals surface area (Å²) in [5.74, 6) is 1.13. The van der Waals surface area contributed by atoms with Gasteiger partial charge in [-0.05, 0) is 30.9 Å². The summed E-state index contributed by atoms with van der Waals surface area (Å²) >= 11 is 3.36. The van der Waals surface area contributed by atoms with E-state index < -0.39 is 0 Å². The Morgan fingerprint density at radius 1 is 1.22 bits per heavy atom. The van der Waals surface area contributed by atoms with Crippen molar-refractivity contribution in [3.05, 3.63) is 34.3 Å². The van der Waals surface area contributed by atoms with Gasteiger partial charge < -0.3 is 4.74 Å². The summed E-state index contributed by atoms with van der Waals surface area (Å²) < 4.78 is 6.53. The van der Waals surface area contributed by atoms with Crippen LogP contribution in [0.2, 0.25) is 0 Å². The zero-order valence-corrected chi connectivity index (χ0v) is 12.1. The molecule has 0 N–H and O–H groups in total. The minimum atomic E-state index is 0.202. The molecule has 2 nitrogen and oxygen atoms in total. The molecule has 1 aliphatic carbocycles. The van der Waals surface area contributed by atoms with Crippen molar-refractivity contribution in [1.29, 1.82) is 0 Å². The van der Waals surface area contributed by atoms with Gasteiger partial charge in [0.05, 0.1) is 0 Å². The van der Waals surface area contributed by atoms with Gasteiger partial charge in [0.25, 0.3) is 0 Å². The maximum absolute atomic E-state index is 11.8. The SMILES string of the molecule is O=C(CCCOCCC1CC1)c1ccc(Br)cc1. The fourth-order valence-corrected chi connectivity index (χ4v) is 2.14. The molecule has 0 spiro atoms. The van der Waals surface area contributed by atoms with Crippen molar-refractivity contribution >= 4 is 21.7 Å². The van der Waals surface area contributed by atoms with Gasteiger partial charge in [-0.25, -0.2) is 0 Å². The summed E-state index contributed by atoms with van der Waals surface area (Å²) in [4.78, 5) is 11.8. The van der Waals surface area contributed by atoms with Crippen molar-refractivity contribution in [2.75, 3.05) is 13.2 Å². The lowest BCUT2D eigenvalue weighted by Crippen LogP contribution is -2.03. The Kier molecular flexibility index (Phi) is 5.39. The monoisotopic (exact) mass is 310 g/mol. The maximum Gasteiger partial charge on any atom is 0.162 e. The third kappa shape index (κ3) is 4.91. The lowest BCUT2D eigenvalue weighted by atomic mass is 10.1. The summed E-state index contributed by atoms with van der Waals surface area (Å²) in [5, 5.41) is 0. The smallest absolute Gasteiger partial charge is 0.162 e. The molecule has 1 aromatic carbocycles. The first-order valence-corrected chi connectivity index (χ1v) is 7.41. The van der Waals surface area contributed by atoms with E-state index in [4.69, 9.17) is 4.74 Å². The predicted molar refractivity (Wildman–Crippen MR) is 75.9 cm³/mol. The molecule has 0 aromatic heterocycles. The molecule has 18 heavy (non-hydrogen) atoms. The highest BCUT2D eigenvalue weighted by atomic mass is 79.9. The Morgan fingerprint density at radius 2 is 1.94 bits per heavy atom. The molecule has 0 heterocycles. The normalized spacial score (nSPS) is 14.7. The van der Waals surface area contributed by atoms with E-state index in [1.165, 1.54) is 19.3 Å². The summed E-state index contributed by atoms with van der Waals surface area (Å²) in [6.45, 7) is 1.56. The first kappa shape index (κ1) is 13.8. The van der Waals surface area contributed by atoms with E-state index in [0.717, 1.165) is 29.0 Å². The number of carbonyl (C=O) groups excluding carboxylic acids is 1. The number of benzene rings is 1. The second-order valence-electron chi connectivity index (χ2n) is 4.88. The highest BCUT2D eigenvalue weighted by Crippen LogP contribution is 2.32. The highest BCUT2D eigenvalue weighted by molar-refractivity contribution is 9.10. The van der Waals surface area contributed by atoms with Crippen LogP contribution in [0.4, 0.5) is 0 Å². The van der Waals surface area contributed by atoms with Gasteiger partial charge in [0.1, 0.15) is 0 Å².